The standard InChI is InChI=1S/C48H43N/c1-4-35(37-17-8-7-9-18-37)28-30-41(6-3)49(42-31-29-39-27-26-38-19-10-12-22-43(38)48(39)34-42)32-16-21-36(5-2)47-33-40-20-11-13-23-44(40)45-24-14-15-25-46(45)47/h5-31,33-35H,4,32H2,1-3H3/b21-16-,30-28-,36-5+,41-6+. The molecule has 0 aliphatic rings. The lowest BCUT2D eigenvalue weighted by Crippen LogP contribution is -2.21. The highest BCUT2D eigenvalue weighted by atomic mass is 15.1. The number of allylic oxidation sites excluding steroid dienone is 6. The molecule has 1 atom stereocenters. The van der Waals surface area contributed by atoms with Crippen molar-refractivity contribution in [2.24, 2.45) is 0 Å². The number of rotatable bonds is 10. The second-order valence-corrected chi connectivity index (χ2v) is 12.6. The molecule has 0 heterocycles. The highest BCUT2D eigenvalue weighted by Crippen LogP contribution is 2.34. The number of nitrogens with zero attached hydrogens (tertiary/aromatic N) is 1. The molecule has 0 bridgehead atoms. The van der Waals surface area contributed by atoms with E-state index in [2.05, 4.69) is 202 Å². The van der Waals surface area contributed by atoms with Crippen molar-refractivity contribution in [3.8, 4) is 0 Å². The lowest BCUT2D eigenvalue weighted by Gasteiger charge is -2.26. The Hall–Kier alpha value is -5.66. The summed E-state index contributed by atoms with van der Waals surface area (Å²) in [5.41, 5.74) is 6.19. The van der Waals surface area contributed by atoms with Gasteiger partial charge in [-0.2, -0.15) is 0 Å². The van der Waals surface area contributed by atoms with Crippen molar-refractivity contribution >= 4 is 54.4 Å². The summed E-state index contributed by atoms with van der Waals surface area (Å²) in [6, 6.07) is 50.7. The minimum absolute atomic E-state index is 0.352. The summed E-state index contributed by atoms with van der Waals surface area (Å²) in [6.07, 6.45) is 14.8. The van der Waals surface area contributed by atoms with E-state index in [0.29, 0.717) is 5.92 Å². The van der Waals surface area contributed by atoms with Crippen LogP contribution in [0.2, 0.25) is 0 Å². The van der Waals surface area contributed by atoms with Gasteiger partial charge in [0.2, 0.25) is 0 Å². The Labute approximate surface area is 290 Å². The minimum atomic E-state index is 0.352. The summed E-state index contributed by atoms with van der Waals surface area (Å²) in [4.78, 5) is 2.44. The first kappa shape index (κ1) is 31.9. The molecule has 0 aromatic heterocycles. The second-order valence-electron chi connectivity index (χ2n) is 12.6. The molecule has 0 saturated carbocycles. The normalized spacial score (nSPS) is 13.4. The molecule has 1 heteroatoms. The van der Waals surface area contributed by atoms with Gasteiger partial charge in [-0.1, -0.05) is 159 Å². The van der Waals surface area contributed by atoms with E-state index in [9.17, 15) is 0 Å². The Morgan fingerprint density at radius 1 is 0.571 bits per heavy atom. The number of hydrogen-bond donors (Lipinski definition) is 0. The Balaban J connectivity index is 1.28. The quantitative estimate of drug-likeness (QED) is 0.107. The monoisotopic (exact) mass is 633 g/mol. The van der Waals surface area contributed by atoms with Crippen LogP contribution in [0.15, 0.2) is 182 Å². The van der Waals surface area contributed by atoms with E-state index < -0.39 is 0 Å². The van der Waals surface area contributed by atoms with Gasteiger partial charge in [0.25, 0.3) is 0 Å². The summed E-state index contributed by atoms with van der Waals surface area (Å²) < 4.78 is 0. The first-order chi connectivity index (χ1) is 24.2. The summed E-state index contributed by atoms with van der Waals surface area (Å²) in [5, 5.41) is 10.2. The third-order valence-corrected chi connectivity index (χ3v) is 9.79. The summed E-state index contributed by atoms with van der Waals surface area (Å²) in [5.74, 6) is 0.352. The van der Waals surface area contributed by atoms with Crippen LogP contribution in [0.3, 0.4) is 0 Å². The van der Waals surface area contributed by atoms with Crippen molar-refractivity contribution < 1.29 is 0 Å². The van der Waals surface area contributed by atoms with Crippen molar-refractivity contribution in [3.63, 3.8) is 0 Å². The topological polar surface area (TPSA) is 3.24 Å². The smallest absolute Gasteiger partial charge is 0.0420 e. The summed E-state index contributed by atoms with van der Waals surface area (Å²) in [6.45, 7) is 7.28. The highest BCUT2D eigenvalue weighted by molar-refractivity contribution is 6.12. The maximum absolute atomic E-state index is 2.44. The van der Waals surface area contributed by atoms with Gasteiger partial charge in [0.1, 0.15) is 0 Å². The molecule has 0 amide bonds. The van der Waals surface area contributed by atoms with Gasteiger partial charge in [0.15, 0.2) is 0 Å². The Morgan fingerprint density at radius 2 is 1.18 bits per heavy atom. The van der Waals surface area contributed by atoms with Crippen LogP contribution in [0, 0.1) is 0 Å². The number of hydrogen-bond acceptors (Lipinski definition) is 1. The Kier molecular flexibility index (Phi) is 9.53. The number of anilines is 1. The number of fused-ring (bicyclic) bond motifs is 6. The fourth-order valence-corrected chi connectivity index (χ4v) is 7.18. The van der Waals surface area contributed by atoms with Gasteiger partial charge in [-0.3, -0.25) is 0 Å². The predicted molar refractivity (Wildman–Crippen MR) is 215 cm³/mol. The van der Waals surface area contributed by atoms with Crippen LogP contribution < -0.4 is 4.90 Å². The molecule has 0 N–H and O–H groups in total. The third-order valence-electron chi connectivity index (χ3n) is 9.79. The average molecular weight is 634 g/mol. The van der Waals surface area contributed by atoms with E-state index in [-0.39, 0.29) is 0 Å². The van der Waals surface area contributed by atoms with Crippen molar-refractivity contribution in [1.82, 2.24) is 0 Å². The highest BCUT2D eigenvalue weighted by Gasteiger charge is 2.13. The van der Waals surface area contributed by atoms with Gasteiger partial charge < -0.3 is 4.90 Å². The van der Waals surface area contributed by atoms with Crippen LogP contribution in [0.4, 0.5) is 5.69 Å². The first-order valence-electron chi connectivity index (χ1n) is 17.5. The maximum Gasteiger partial charge on any atom is 0.0420 e. The van der Waals surface area contributed by atoms with Crippen molar-refractivity contribution in [2.75, 3.05) is 11.4 Å². The van der Waals surface area contributed by atoms with Gasteiger partial charge in [0, 0.05) is 23.8 Å². The van der Waals surface area contributed by atoms with Gasteiger partial charge in [-0.15, -0.1) is 0 Å². The zero-order chi connectivity index (χ0) is 33.6. The van der Waals surface area contributed by atoms with E-state index in [4.69, 9.17) is 0 Å². The molecule has 240 valence electrons. The molecule has 0 spiro atoms. The van der Waals surface area contributed by atoms with Crippen LogP contribution in [0.5, 0.6) is 0 Å². The fraction of sp³-hybridized carbons (Fsp3) is 0.125. The maximum atomic E-state index is 2.44. The molecule has 0 radical (unpaired) electrons. The van der Waals surface area contributed by atoms with E-state index in [1.54, 1.807) is 0 Å². The van der Waals surface area contributed by atoms with E-state index in [1.807, 2.05) is 0 Å². The Morgan fingerprint density at radius 3 is 1.90 bits per heavy atom. The van der Waals surface area contributed by atoms with E-state index >= 15 is 0 Å². The van der Waals surface area contributed by atoms with Crippen molar-refractivity contribution in [3.05, 3.63) is 193 Å². The van der Waals surface area contributed by atoms with Crippen LogP contribution in [-0.4, -0.2) is 6.54 Å². The van der Waals surface area contributed by atoms with Crippen molar-refractivity contribution in [1.29, 1.82) is 0 Å². The average Bonchev–Trinajstić information content (AvgIpc) is 3.17. The minimum Gasteiger partial charge on any atom is -0.338 e. The summed E-state index contributed by atoms with van der Waals surface area (Å²) >= 11 is 0. The molecule has 1 unspecified atom stereocenters. The molecule has 7 rings (SSSR count). The van der Waals surface area contributed by atoms with Crippen LogP contribution >= 0.6 is 0 Å². The Bertz CT molecular complexity index is 2370. The molecule has 0 saturated heterocycles. The van der Waals surface area contributed by atoms with Gasteiger partial charge in [-0.25, -0.2) is 0 Å². The predicted octanol–water partition coefficient (Wildman–Crippen LogP) is 13.4. The molecule has 7 aromatic carbocycles. The third kappa shape index (κ3) is 6.58. The lowest BCUT2D eigenvalue weighted by atomic mass is 9.93. The summed E-state index contributed by atoms with van der Waals surface area (Å²) in [7, 11) is 0. The molecule has 0 fully saturated rings. The van der Waals surface area contributed by atoms with Gasteiger partial charge >= 0.3 is 0 Å². The molecule has 1 nitrogen and oxygen atoms in total. The SMILES string of the molecule is C/C=C(\C=C/CN(C(/C=C\C(CC)c1ccccc1)=C/C)c1ccc2ccc3ccccc3c2c1)c1cc2ccccc2c2ccccc12. The molecule has 49 heavy (non-hydrogen) atoms. The lowest BCUT2D eigenvalue weighted by molar-refractivity contribution is 0.803. The molecule has 0 aliphatic carbocycles. The number of benzene rings is 7. The largest absolute Gasteiger partial charge is 0.338 e. The molecule has 0 aliphatic heterocycles. The van der Waals surface area contributed by atoms with Gasteiger partial charge in [-0.05, 0) is 104 Å². The second kappa shape index (κ2) is 14.6. The molecular weight excluding hydrogens is 591 g/mol. The molecular formula is C48H43N. The zero-order valence-electron chi connectivity index (χ0n) is 28.7. The van der Waals surface area contributed by atoms with Crippen LogP contribution in [0.25, 0.3) is 48.7 Å². The van der Waals surface area contributed by atoms with Gasteiger partial charge in [0.05, 0.1) is 0 Å². The molecule has 7 aromatic rings. The van der Waals surface area contributed by atoms with Crippen LogP contribution in [-0.2, 0) is 0 Å². The van der Waals surface area contributed by atoms with E-state index in [1.165, 1.54) is 71.2 Å². The van der Waals surface area contributed by atoms with Crippen LogP contribution in [0.1, 0.15) is 44.2 Å². The van der Waals surface area contributed by atoms with E-state index in [0.717, 1.165) is 13.0 Å². The fourth-order valence-electron chi connectivity index (χ4n) is 7.18. The van der Waals surface area contributed by atoms with Crippen molar-refractivity contribution in [2.45, 2.75) is 33.1 Å². The first-order valence-corrected chi connectivity index (χ1v) is 17.5. The zero-order valence-corrected chi connectivity index (χ0v) is 28.7.